The van der Waals surface area contributed by atoms with E-state index in [9.17, 15) is 14.4 Å². The number of primary amides is 1. The van der Waals surface area contributed by atoms with Crippen LogP contribution in [-0.2, 0) is 14.3 Å². The van der Waals surface area contributed by atoms with E-state index in [1.807, 2.05) is 32.9 Å². The van der Waals surface area contributed by atoms with Crippen molar-refractivity contribution in [3.05, 3.63) is 39.8 Å². The summed E-state index contributed by atoms with van der Waals surface area (Å²) in [7, 11) is 0. The predicted octanol–water partition coefficient (Wildman–Crippen LogP) is 2.84. The first-order chi connectivity index (χ1) is 18.6. The Morgan fingerprint density at radius 3 is 2.51 bits per heavy atom. The van der Waals surface area contributed by atoms with E-state index in [4.69, 9.17) is 16.0 Å². The number of benzene rings is 1. The van der Waals surface area contributed by atoms with Gasteiger partial charge >= 0.3 is 0 Å². The Kier molecular flexibility index (Phi) is 7.59. The minimum Gasteiger partial charge on any atom is -0.369 e. The molecular formula is C28H39N7O4. The number of hydrogen-bond donors (Lipinski definition) is 1. The number of amides is 2. The van der Waals surface area contributed by atoms with Gasteiger partial charge < -0.3 is 20.3 Å². The average Bonchev–Trinajstić information content (AvgIpc) is 3.41. The molecule has 210 valence electrons. The summed E-state index contributed by atoms with van der Waals surface area (Å²) in [6.45, 7) is 9.83. The van der Waals surface area contributed by atoms with E-state index in [-0.39, 0.29) is 30.3 Å². The van der Waals surface area contributed by atoms with Crippen molar-refractivity contribution in [2.45, 2.75) is 76.6 Å². The molecule has 11 heteroatoms. The number of Topliss-reactive ketones (excluding diaryl/α,β-unsaturated/α-hetero) is 1. The standard InChI is InChI=1S/C28H39N7O4/c1-28(2,3)14-21(27(38)35-15-22(31-32-30)25-24(35)23(36)16-39-25)20-13-18(7-8-19(20)26(29)37)34-11-9-33(10-12-34)17-5-4-6-17/h7-8,13,17,21-22,24-25H,4-6,9-12,14-16H2,1-3H3,(H2,29,37)/t21-,22-,24+,25+/m0/s1. The molecular weight excluding hydrogens is 498 g/mol. The van der Waals surface area contributed by atoms with Crippen LogP contribution in [-0.4, -0.2) is 91.0 Å². The first-order valence-electron chi connectivity index (χ1n) is 14.0. The Bertz CT molecular complexity index is 1180. The lowest BCUT2D eigenvalue weighted by Gasteiger charge is -2.43. The van der Waals surface area contributed by atoms with Crippen LogP contribution in [0, 0.1) is 5.41 Å². The summed E-state index contributed by atoms with van der Waals surface area (Å²) >= 11 is 0. The van der Waals surface area contributed by atoms with Crippen LogP contribution in [0.2, 0.25) is 0 Å². The first-order valence-corrected chi connectivity index (χ1v) is 14.0. The van der Waals surface area contributed by atoms with Crippen LogP contribution in [0.3, 0.4) is 0 Å². The Morgan fingerprint density at radius 2 is 1.92 bits per heavy atom. The molecule has 0 aromatic heterocycles. The largest absolute Gasteiger partial charge is 0.369 e. The van der Waals surface area contributed by atoms with Crippen molar-refractivity contribution in [3.63, 3.8) is 0 Å². The summed E-state index contributed by atoms with van der Waals surface area (Å²) in [5, 5.41) is 3.81. The lowest BCUT2D eigenvalue weighted by molar-refractivity contribution is -0.138. The number of rotatable bonds is 7. The van der Waals surface area contributed by atoms with Crippen molar-refractivity contribution in [3.8, 4) is 0 Å². The van der Waals surface area contributed by atoms with Crippen molar-refractivity contribution in [2.24, 2.45) is 16.3 Å². The van der Waals surface area contributed by atoms with Gasteiger partial charge in [-0.3, -0.25) is 19.3 Å². The molecule has 2 amide bonds. The van der Waals surface area contributed by atoms with Crippen LogP contribution in [0.25, 0.3) is 10.4 Å². The average molecular weight is 538 g/mol. The Labute approximate surface area is 229 Å². The van der Waals surface area contributed by atoms with Crippen LogP contribution < -0.4 is 10.6 Å². The zero-order valence-electron chi connectivity index (χ0n) is 23.1. The predicted molar refractivity (Wildman–Crippen MR) is 146 cm³/mol. The van der Waals surface area contributed by atoms with Crippen LogP contribution in [0.1, 0.15) is 68.3 Å². The number of anilines is 1. The number of piperazine rings is 1. The quantitative estimate of drug-likeness (QED) is 0.322. The molecule has 4 aliphatic rings. The molecule has 1 saturated carbocycles. The lowest BCUT2D eigenvalue weighted by Crippen LogP contribution is -2.52. The van der Waals surface area contributed by atoms with E-state index in [0.717, 1.165) is 31.9 Å². The molecule has 2 N–H and O–H groups in total. The molecule has 1 aromatic rings. The van der Waals surface area contributed by atoms with Gasteiger partial charge in [0.1, 0.15) is 12.6 Å². The van der Waals surface area contributed by atoms with Gasteiger partial charge in [0.25, 0.3) is 0 Å². The van der Waals surface area contributed by atoms with Gasteiger partial charge in [0, 0.05) is 54.9 Å². The molecule has 3 heterocycles. The number of carbonyl (C=O) groups is 3. The molecule has 1 aliphatic carbocycles. The molecule has 39 heavy (non-hydrogen) atoms. The fourth-order valence-electron chi connectivity index (χ4n) is 6.52. The van der Waals surface area contributed by atoms with Crippen LogP contribution in [0.5, 0.6) is 0 Å². The fourth-order valence-corrected chi connectivity index (χ4v) is 6.52. The summed E-state index contributed by atoms with van der Waals surface area (Å²) in [6.07, 6.45) is 3.66. The van der Waals surface area contributed by atoms with Crippen molar-refractivity contribution in [1.29, 1.82) is 0 Å². The minimum absolute atomic E-state index is 0.0966. The van der Waals surface area contributed by atoms with E-state index in [2.05, 4.69) is 19.8 Å². The number of fused-ring (bicyclic) bond motifs is 1. The molecule has 4 atom stereocenters. The topological polar surface area (TPSA) is 145 Å². The van der Waals surface area contributed by atoms with E-state index < -0.39 is 30.0 Å². The molecule has 4 fully saturated rings. The molecule has 3 saturated heterocycles. The van der Waals surface area contributed by atoms with Crippen LogP contribution >= 0.6 is 0 Å². The molecule has 3 aliphatic heterocycles. The number of ether oxygens (including phenoxy) is 1. The third-order valence-corrected chi connectivity index (χ3v) is 8.70. The SMILES string of the molecule is CC(C)(C)C[C@H](C(=O)N1C[C@H](N=[N+]=[N-])[C@H]2OCC(=O)[C@H]21)c1cc(N2CCN(C3CCC3)CC2)ccc1C(N)=O. The number of azide groups is 1. The summed E-state index contributed by atoms with van der Waals surface area (Å²) in [5.74, 6) is -1.78. The highest BCUT2D eigenvalue weighted by atomic mass is 16.5. The van der Waals surface area contributed by atoms with Gasteiger partial charge in [0.2, 0.25) is 11.8 Å². The van der Waals surface area contributed by atoms with Gasteiger partial charge in [0.05, 0.1) is 18.1 Å². The zero-order valence-corrected chi connectivity index (χ0v) is 23.1. The van der Waals surface area contributed by atoms with Gasteiger partial charge in [-0.1, -0.05) is 32.3 Å². The molecule has 11 nitrogen and oxygen atoms in total. The summed E-state index contributed by atoms with van der Waals surface area (Å²) in [4.78, 5) is 48.9. The van der Waals surface area contributed by atoms with Crippen molar-refractivity contribution >= 4 is 23.3 Å². The first kappa shape index (κ1) is 27.4. The van der Waals surface area contributed by atoms with Crippen LogP contribution in [0.4, 0.5) is 5.69 Å². The Balaban J connectivity index is 1.47. The maximum absolute atomic E-state index is 14.3. The van der Waals surface area contributed by atoms with Crippen LogP contribution in [0.15, 0.2) is 23.3 Å². The smallest absolute Gasteiger partial charge is 0.249 e. The second kappa shape index (κ2) is 10.8. The number of likely N-dealkylation sites (tertiary alicyclic amines) is 1. The highest BCUT2D eigenvalue weighted by molar-refractivity contribution is 5.99. The number of nitrogens with zero attached hydrogens (tertiary/aromatic N) is 6. The van der Waals surface area contributed by atoms with Gasteiger partial charge in [-0.2, -0.15) is 0 Å². The maximum Gasteiger partial charge on any atom is 0.249 e. The third kappa shape index (κ3) is 5.48. The molecule has 0 unspecified atom stereocenters. The minimum atomic E-state index is -0.796. The van der Waals surface area contributed by atoms with Crippen molar-refractivity contribution < 1.29 is 19.1 Å². The third-order valence-electron chi connectivity index (χ3n) is 8.70. The second-order valence-corrected chi connectivity index (χ2v) is 12.5. The highest BCUT2D eigenvalue weighted by Crippen LogP contribution is 2.39. The molecule has 0 spiro atoms. The van der Waals surface area contributed by atoms with E-state index in [1.54, 1.807) is 6.07 Å². The highest BCUT2D eigenvalue weighted by Gasteiger charge is 2.53. The van der Waals surface area contributed by atoms with E-state index in [1.165, 1.54) is 24.2 Å². The Hall–Kier alpha value is -3.14. The van der Waals surface area contributed by atoms with Gasteiger partial charge in [0.15, 0.2) is 5.78 Å². The summed E-state index contributed by atoms with van der Waals surface area (Å²) < 4.78 is 5.63. The Morgan fingerprint density at radius 1 is 1.21 bits per heavy atom. The zero-order chi connectivity index (χ0) is 27.9. The van der Waals surface area contributed by atoms with Gasteiger partial charge in [-0.15, -0.1) is 0 Å². The van der Waals surface area contributed by atoms with Gasteiger partial charge in [-0.05, 0) is 54.0 Å². The maximum atomic E-state index is 14.3. The lowest BCUT2D eigenvalue weighted by atomic mass is 9.79. The van der Waals surface area contributed by atoms with Crippen molar-refractivity contribution in [1.82, 2.24) is 9.80 Å². The van der Waals surface area contributed by atoms with E-state index >= 15 is 0 Å². The molecule has 0 bridgehead atoms. The number of nitrogens with two attached hydrogens (primary N) is 1. The van der Waals surface area contributed by atoms with Gasteiger partial charge in [-0.25, -0.2) is 0 Å². The molecule has 5 rings (SSSR count). The number of ketones is 1. The van der Waals surface area contributed by atoms with Crippen molar-refractivity contribution in [2.75, 3.05) is 44.2 Å². The normalized spacial score (nSPS) is 26.6. The number of carbonyl (C=O) groups excluding carboxylic acids is 3. The summed E-state index contributed by atoms with van der Waals surface area (Å²) in [5.41, 5.74) is 16.5. The molecule has 1 aromatic carbocycles. The molecule has 0 radical (unpaired) electrons. The fraction of sp³-hybridized carbons (Fsp3) is 0.679. The summed E-state index contributed by atoms with van der Waals surface area (Å²) in [6, 6.07) is 4.86. The second-order valence-electron chi connectivity index (χ2n) is 12.5. The number of hydrogen-bond acceptors (Lipinski definition) is 7. The van der Waals surface area contributed by atoms with E-state index in [0.29, 0.717) is 23.6 Å². The monoisotopic (exact) mass is 537 g/mol.